The van der Waals surface area contributed by atoms with E-state index in [1.54, 1.807) is 7.05 Å². The summed E-state index contributed by atoms with van der Waals surface area (Å²) in [5.41, 5.74) is 0.822. The quantitative estimate of drug-likeness (QED) is 0.834. The van der Waals surface area contributed by atoms with Crippen LogP contribution in [0.1, 0.15) is 28.9 Å². The van der Waals surface area contributed by atoms with Crippen LogP contribution in [0.2, 0.25) is 0 Å². The van der Waals surface area contributed by atoms with Crippen molar-refractivity contribution in [2.45, 2.75) is 13.0 Å². The summed E-state index contributed by atoms with van der Waals surface area (Å²) < 4.78 is 26.5. The first kappa shape index (κ1) is 14.2. The van der Waals surface area contributed by atoms with Crippen molar-refractivity contribution in [3.63, 3.8) is 0 Å². The molecule has 4 heteroatoms. The zero-order valence-electron chi connectivity index (χ0n) is 11.3. The highest BCUT2D eigenvalue weighted by Crippen LogP contribution is 2.21. The van der Waals surface area contributed by atoms with Gasteiger partial charge in [0.1, 0.15) is 11.6 Å². The highest BCUT2D eigenvalue weighted by atomic mass is 19.1. The van der Waals surface area contributed by atoms with Gasteiger partial charge in [-0.3, -0.25) is 4.79 Å². The Labute approximate surface area is 116 Å². The molecule has 0 aliphatic carbocycles. The lowest BCUT2D eigenvalue weighted by molar-refractivity contribution is 0.0738. The number of carbonyl (C=O) groups is 1. The smallest absolute Gasteiger partial charge is 0.257 e. The third-order valence-corrected chi connectivity index (χ3v) is 3.34. The standard InChI is InChI=1S/C16H15F2NO/c1-11(12-6-4-3-5-7-12)19(2)16(20)14-9-8-13(17)10-15(14)18/h3-11H,1-2H3. The van der Waals surface area contributed by atoms with Crippen LogP contribution in [0.4, 0.5) is 8.78 Å². The Bertz CT molecular complexity index is 613. The van der Waals surface area contributed by atoms with E-state index in [9.17, 15) is 13.6 Å². The van der Waals surface area contributed by atoms with E-state index in [0.717, 1.165) is 11.6 Å². The molecule has 2 rings (SSSR count). The Morgan fingerprint density at radius 2 is 1.75 bits per heavy atom. The highest BCUT2D eigenvalue weighted by Gasteiger charge is 2.21. The van der Waals surface area contributed by atoms with Crippen molar-refractivity contribution in [3.8, 4) is 0 Å². The summed E-state index contributed by atoms with van der Waals surface area (Å²) in [5.74, 6) is -2.02. The summed E-state index contributed by atoms with van der Waals surface area (Å²) in [5, 5.41) is 0. The van der Waals surface area contributed by atoms with E-state index in [2.05, 4.69) is 0 Å². The highest BCUT2D eigenvalue weighted by molar-refractivity contribution is 5.94. The summed E-state index contributed by atoms with van der Waals surface area (Å²) in [6, 6.07) is 12.2. The Balaban J connectivity index is 2.24. The van der Waals surface area contributed by atoms with Crippen molar-refractivity contribution >= 4 is 5.91 Å². The molecule has 0 fully saturated rings. The Morgan fingerprint density at radius 3 is 2.35 bits per heavy atom. The second-order valence-electron chi connectivity index (χ2n) is 4.63. The number of hydrogen-bond acceptors (Lipinski definition) is 1. The maximum atomic E-state index is 13.6. The molecule has 0 saturated carbocycles. The van der Waals surface area contributed by atoms with Crippen LogP contribution in [0.3, 0.4) is 0 Å². The maximum Gasteiger partial charge on any atom is 0.257 e. The average molecular weight is 275 g/mol. The second-order valence-corrected chi connectivity index (χ2v) is 4.63. The summed E-state index contributed by atoms with van der Waals surface area (Å²) >= 11 is 0. The molecule has 0 radical (unpaired) electrons. The molecule has 2 aromatic carbocycles. The van der Waals surface area contributed by atoms with Gasteiger partial charge in [0.15, 0.2) is 0 Å². The molecular weight excluding hydrogens is 260 g/mol. The molecule has 0 aliphatic heterocycles. The number of rotatable bonds is 3. The monoisotopic (exact) mass is 275 g/mol. The lowest BCUT2D eigenvalue weighted by atomic mass is 10.1. The van der Waals surface area contributed by atoms with Crippen molar-refractivity contribution in [2.24, 2.45) is 0 Å². The third kappa shape index (κ3) is 2.85. The van der Waals surface area contributed by atoms with Crippen molar-refractivity contribution in [1.82, 2.24) is 4.90 Å². The number of amides is 1. The van der Waals surface area contributed by atoms with Crippen molar-refractivity contribution in [1.29, 1.82) is 0 Å². The minimum Gasteiger partial charge on any atom is -0.335 e. The predicted octanol–water partition coefficient (Wildman–Crippen LogP) is 3.80. The van der Waals surface area contributed by atoms with Gasteiger partial charge in [0, 0.05) is 13.1 Å². The van der Waals surface area contributed by atoms with E-state index >= 15 is 0 Å². The average Bonchev–Trinajstić information content (AvgIpc) is 2.46. The molecule has 2 nitrogen and oxygen atoms in total. The molecule has 0 spiro atoms. The Kier molecular flexibility index (Phi) is 4.13. The zero-order chi connectivity index (χ0) is 14.7. The van der Waals surface area contributed by atoms with Gasteiger partial charge in [-0.25, -0.2) is 8.78 Å². The predicted molar refractivity (Wildman–Crippen MR) is 73.3 cm³/mol. The zero-order valence-corrected chi connectivity index (χ0v) is 11.3. The van der Waals surface area contributed by atoms with Crippen LogP contribution in [-0.4, -0.2) is 17.9 Å². The van der Waals surface area contributed by atoms with Gasteiger partial charge in [-0.05, 0) is 24.6 Å². The first-order chi connectivity index (χ1) is 9.50. The van der Waals surface area contributed by atoms with Crippen LogP contribution in [0.25, 0.3) is 0 Å². The summed E-state index contributed by atoms with van der Waals surface area (Å²) in [6.45, 7) is 1.86. The summed E-state index contributed by atoms with van der Waals surface area (Å²) in [7, 11) is 1.60. The molecule has 1 atom stereocenters. The Hall–Kier alpha value is -2.23. The van der Waals surface area contributed by atoms with Gasteiger partial charge in [0.2, 0.25) is 0 Å². The maximum absolute atomic E-state index is 13.6. The van der Waals surface area contributed by atoms with Gasteiger partial charge in [0.25, 0.3) is 5.91 Å². The lowest BCUT2D eigenvalue weighted by Crippen LogP contribution is -2.30. The van der Waals surface area contributed by atoms with Crippen molar-refractivity contribution in [3.05, 3.63) is 71.3 Å². The van der Waals surface area contributed by atoms with E-state index in [1.807, 2.05) is 37.3 Å². The topological polar surface area (TPSA) is 20.3 Å². The van der Waals surface area contributed by atoms with Gasteiger partial charge in [0.05, 0.1) is 11.6 Å². The van der Waals surface area contributed by atoms with Crippen LogP contribution in [-0.2, 0) is 0 Å². The van der Waals surface area contributed by atoms with Gasteiger partial charge < -0.3 is 4.90 Å². The Morgan fingerprint density at radius 1 is 1.10 bits per heavy atom. The number of hydrogen-bond donors (Lipinski definition) is 0. The first-order valence-corrected chi connectivity index (χ1v) is 6.28. The van der Waals surface area contributed by atoms with Crippen LogP contribution in [0.15, 0.2) is 48.5 Å². The summed E-state index contributed by atoms with van der Waals surface area (Å²) in [4.78, 5) is 13.7. The van der Waals surface area contributed by atoms with Crippen molar-refractivity contribution < 1.29 is 13.6 Å². The molecule has 20 heavy (non-hydrogen) atoms. The molecular formula is C16H15F2NO. The summed E-state index contributed by atoms with van der Waals surface area (Å²) in [6.07, 6.45) is 0. The normalized spacial score (nSPS) is 12.0. The fourth-order valence-corrected chi connectivity index (χ4v) is 1.98. The van der Waals surface area contributed by atoms with Gasteiger partial charge in [-0.15, -0.1) is 0 Å². The molecule has 1 unspecified atom stereocenters. The SMILES string of the molecule is CC(c1ccccc1)N(C)C(=O)c1ccc(F)cc1F. The second kappa shape index (κ2) is 5.82. The molecule has 0 N–H and O–H groups in total. The van der Waals surface area contributed by atoms with E-state index < -0.39 is 17.5 Å². The molecule has 0 heterocycles. The van der Waals surface area contributed by atoms with Crippen LogP contribution < -0.4 is 0 Å². The van der Waals surface area contributed by atoms with Crippen LogP contribution in [0.5, 0.6) is 0 Å². The van der Waals surface area contributed by atoms with E-state index in [1.165, 1.54) is 11.0 Å². The lowest BCUT2D eigenvalue weighted by Gasteiger charge is -2.25. The first-order valence-electron chi connectivity index (χ1n) is 6.28. The molecule has 0 saturated heterocycles. The van der Waals surface area contributed by atoms with E-state index in [0.29, 0.717) is 6.07 Å². The minimum atomic E-state index is -0.845. The molecule has 0 aliphatic rings. The van der Waals surface area contributed by atoms with E-state index in [4.69, 9.17) is 0 Å². The largest absolute Gasteiger partial charge is 0.335 e. The third-order valence-electron chi connectivity index (χ3n) is 3.34. The van der Waals surface area contributed by atoms with Crippen molar-refractivity contribution in [2.75, 3.05) is 7.05 Å². The van der Waals surface area contributed by atoms with Gasteiger partial charge in [-0.2, -0.15) is 0 Å². The molecule has 0 aromatic heterocycles. The fraction of sp³-hybridized carbons (Fsp3) is 0.188. The number of nitrogens with zero attached hydrogens (tertiary/aromatic N) is 1. The number of benzene rings is 2. The fourth-order valence-electron chi connectivity index (χ4n) is 1.98. The molecule has 1 amide bonds. The number of halogens is 2. The van der Waals surface area contributed by atoms with Gasteiger partial charge >= 0.3 is 0 Å². The molecule has 104 valence electrons. The van der Waals surface area contributed by atoms with Gasteiger partial charge in [-0.1, -0.05) is 30.3 Å². The molecule has 0 bridgehead atoms. The van der Waals surface area contributed by atoms with E-state index in [-0.39, 0.29) is 11.6 Å². The van der Waals surface area contributed by atoms with Crippen LogP contribution >= 0.6 is 0 Å². The van der Waals surface area contributed by atoms with Crippen LogP contribution in [0, 0.1) is 11.6 Å². The minimum absolute atomic E-state index is 0.128. The molecule has 2 aromatic rings. The number of carbonyl (C=O) groups excluding carboxylic acids is 1.